The second-order valence-corrected chi connectivity index (χ2v) is 7.55. The van der Waals surface area contributed by atoms with Crippen molar-refractivity contribution in [3.8, 4) is 0 Å². The number of imidazole rings is 1. The summed E-state index contributed by atoms with van der Waals surface area (Å²) in [5, 5.41) is 8.39. The van der Waals surface area contributed by atoms with Crippen molar-refractivity contribution in [2.75, 3.05) is 19.6 Å². The average Bonchev–Trinajstić information content (AvgIpc) is 3.35. The normalized spacial score (nSPS) is 15.4. The van der Waals surface area contributed by atoms with Crippen LogP contribution in [0.15, 0.2) is 30.5 Å². The first-order chi connectivity index (χ1) is 14.7. The SMILES string of the molecule is Cc1nc2ccccn2c1C(=O)N1CCC(c2cc(C(=O)NCC(F)(F)F)n[nH]2)CC1. The molecule has 4 rings (SSSR count). The van der Waals surface area contributed by atoms with Gasteiger partial charge in [0, 0.05) is 30.9 Å². The summed E-state index contributed by atoms with van der Waals surface area (Å²) in [6, 6.07) is 7.03. The molecule has 11 heteroatoms. The Bertz CT molecular complexity index is 1110. The first-order valence-corrected chi connectivity index (χ1v) is 9.86. The molecule has 3 aromatic rings. The van der Waals surface area contributed by atoms with Crippen molar-refractivity contribution in [3.63, 3.8) is 0 Å². The number of pyridine rings is 1. The Hall–Kier alpha value is -3.37. The number of likely N-dealkylation sites (tertiary alicyclic amines) is 1. The number of carbonyl (C=O) groups excluding carboxylic acids is 2. The highest BCUT2D eigenvalue weighted by molar-refractivity contribution is 5.95. The minimum atomic E-state index is -4.48. The molecule has 0 bridgehead atoms. The van der Waals surface area contributed by atoms with Crippen molar-refractivity contribution in [2.24, 2.45) is 0 Å². The highest BCUT2D eigenvalue weighted by atomic mass is 19.4. The fourth-order valence-electron chi connectivity index (χ4n) is 3.85. The molecule has 1 aliphatic rings. The topological polar surface area (TPSA) is 95.4 Å². The molecule has 0 saturated carbocycles. The minimum Gasteiger partial charge on any atom is -0.342 e. The van der Waals surface area contributed by atoms with Crippen LogP contribution in [0, 0.1) is 6.92 Å². The zero-order valence-electron chi connectivity index (χ0n) is 16.7. The van der Waals surface area contributed by atoms with Crippen molar-refractivity contribution >= 4 is 17.5 Å². The van der Waals surface area contributed by atoms with E-state index in [1.54, 1.807) is 14.6 Å². The maximum absolute atomic E-state index is 13.1. The number of aromatic nitrogens is 4. The van der Waals surface area contributed by atoms with E-state index < -0.39 is 18.6 Å². The number of nitrogens with zero attached hydrogens (tertiary/aromatic N) is 4. The van der Waals surface area contributed by atoms with Crippen molar-refractivity contribution in [3.05, 3.63) is 53.2 Å². The van der Waals surface area contributed by atoms with Crippen LogP contribution in [-0.4, -0.2) is 62.1 Å². The van der Waals surface area contributed by atoms with Crippen molar-refractivity contribution in [1.82, 2.24) is 29.8 Å². The zero-order chi connectivity index (χ0) is 22.2. The monoisotopic (exact) mass is 434 g/mol. The number of fused-ring (bicyclic) bond motifs is 1. The van der Waals surface area contributed by atoms with Gasteiger partial charge in [-0.2, -0.15) is 18.3 Å². The van der Waals surface area contributed by atoms with Gasteiger partial charge in [-0.3, -0.25) is 19.1 Å². The summed E-state index contributed by atoms with van der Waals surface area (Å²) in [6.45, 7) is 1.43. The number of rotatable bonds is 4. The number of nitrogens with one attached hydrogen (secondary N) is 2. The van der Waals surface area contributed by atoms with Gasteiger partial charge in [-0.05, 0) is 38.0 Å². The Morgan fingerprint density at radius 3 is 2.71 bits per heavy atom. The molecule has 4 heterocycles. The van der Waals surface area contributed by atoms with Crippen LogP contribution in [0.25, 0.3) is 5.65 Å². The summed E-state index contributed by atoms with van der Waals surface area (Å²) in [5.41, 5.74) is 2.52. The Kier molecular flexibility index (Phi) is 5.42. The Morgan fingerprint density at radius 1 is 1.26 bits per heavy atom. The van der Waals surface area contributed by atoms with Gasteiger partial charge in [0.25, 0.3) is 11.8 Å². The summed E-state index contributed by atoms with van der Waals surface area (Å²) in [7, 11) is 0. The average molecular weight is 434 g/mol. The molecule has 0 aromatic carbocycles. The van der Waals surface area contributed by atoms with E-state index in [0.717, 1.165) is 0 Å². The van der Waals surface area contributed by atoms with E-state index in [-0.39, 0.29) is 17.5 Å². The van der Waals surface area contributed by atoms with Crippen LogP contribution in [0.4, 0.5) is 13.2 Å². The molecule has 0 radical (unpaired) electrons. The number of piperidine rings is 1. The summed E-state index contributed by atoms with van der Waals surface area (Å²) in [6.07, 6.45) is -1.38. The number of amides is 2. The molecule has 31 heavy (non-hydrogen) atoms. The number of H-pyrrole nitrogens is 1. The zero-order valence-corrected chi connectivity index (χ0v) is 16.7. The van der Waals surface area contributed by atoms with E-state index in [1.165, 1.54) is 6.07 Å². The molecule has 3 aromatic heterocycles. The van der Waals surface area contributed by atoms with Gasteiger partial charge >= 0.3 is 6.18 Å². The molecule has 0 aliphatic carbocycles. The van der Waals surface area contributed by atoms with Gasteiger partial charge in [0.2, 0.25) is 0 Å². The van der Waals surface area contributed by atoms with Gasteiger partial charge in [0.1, 0.15) is 23.6 Å². The number of aryl methyl sites for hydroxylation is 1. The number of halogens is 3. The molecule has 164 valence electrons. The molecule has 2 amide bonds. The Labute approximate surface area is 175 Å². The third-order valence-electron chi connectivity index (χ3n) is 5.41. The summed E-state index contributed by atoms with van der Waals surface area (Å²) in [5.74, 6) is -0.939. The van der Waals surface area contributed by atoms with E-state index in [0.29, 0.717) is 48.7 Å². The fourth-order valence-corrected chi connectivity index (χ4v) is 3.85. The van der Waals surface area contributed by atoms with Gasteiger partial charge in [0.15, 0.2) is 0 Å². The Balaban J connectivity index is 1.39. The van der Waals surface area contributed by atoms with E-state index in [1.807, 2.05) is 31.3 Å². The molecular formula is C20H21F3N6O2. The smallest absolute Gasteiger partial charge is 0.342 e. The standard InChI is InChI=1S/C20H21F3N6O2/c1-12-17(29-7-3-2-4-16(29)25-12)19(31)28-8-5-13(6-9-28)14-10-15(27-26-14)18(30)24-11-20(21,22)23/h2-4,7,10,13H,5-6,8-9,11H2,1H3,(H,24,30)(H,26,27). The lowest BCUT2D eigenvalue weighted by Gasteiger charge is -2.31. The lowest BCUT2D eigenvalue weighted by atomic mass is 9.93. The van der Waals surface area contributed by atoms with Gasteiger partial charge < -0.3 is 10.2 Å². The van der Waals surface area contributed by atoms with Gasteiger partial charge in [-0.1, -0.05) is 6.07 Å². The maximum atomic E-state index is 13.1. The highest BCUT2D eigenvalue weighted by Gasteiger charge is 2.30. The maximum Gasteiger partial charge on any atom is 0.405 e. The van der Waals surface area contributed by atoms with Crippen molar-refractivity contribution in [1.29, 1.82) is 0 Å². The largest absolute Gasteiger partial charge is 0.405 e. The van der Waals surface area contributed by atoms with E-state index >= 15 is 0 Å². The fraction of sp³-hybridized carbons (Fsp3) is 0.400. The quantitative estimate of drug-likeness (QED) is 0.660. The van der Waals surface area contributed by atoms with Crippen LogP contribution in [0.5, 0.6) is 0 Å². The molecule has 1 aliphatic heterocycles. The highest BCUT2D eigenvalue weighted by Crippen LogP contribution is 2.28. The van der Waals surface area contributed by atoms with Crippen LogP contribution >= 0.6 is 0 Å². The van der Waals surface area contributed by atoms with E-state index in [2.05, 4.69) is 15.2 Å². The molecule has 0 unspecified atom stereocenters. The Morgan fingerprint density at radius 2 is 2.00 bits per heavy atom. The van der Waals surface area contributed by atoms with Crippen LogP contribution in [0.1, 0.15) is 51.1 Å². The molecule has 2 N–H and O–H groups in total. The predicted octanol–water partition coefficient (Wildman–Crippen LogP) is 2.68. The first kappa shape index (κ1) is 20.9. The molecular weight excluding hydrogens is 413 g/mol. The lowest BCUT2D eigenvalue weighted by molar-refractivity contribution is -0.123. The second-order valence-electron chi connectivity index (χ2n) is 7.55. The van der Waals surface area contributed by atoms with Crippen molar-refractivity contribution in [2.45, 2.75) is 31.9 Å². The van der Waals surface area contributed by atoms with Crippen LogP contribution in [-0.2, 0) is 0 Å². The van der Waals surface area contributed by atoms with E-state index in [9.17, 15) is 22.8 Å². The second kappa shape index (κ2) is 8.05. The number of aromatic amines is 1. The summed E-state index contributed by atoms with van der Waals surface area (Å²) < 4.78 is 38.6. The molecule has 0 atom stereocenters. The summed E-state index contributed by atoms with van der Waals surface area (Å²) in [4.78, 5) is 31.1. The third-order valence-corrected chi connectivity index (χ3v) is 5.41. The molecule has 8 nitrogen and oxygen atoms in total. The molecule has 0 spiro atoms. The van der Waals surface area contributed by atoms with Crippen molar-refractivity contribution < 1.29 is 22.8 Å². The number of alkyl halides is 3. The molecule has 1 saturated heterocycles. The van der Waals surface area contributed by atoms with Crippen LogP contribution < -0.4 is 5.32 Å². The number of hydrogen-bond donors (Lipinski definition) is 2. The third kappa shape index (κ3) is 4.39. The van der Waals surface area contributed by atoms with Gasteiger partial charge in [0.05, 0.1) is 5.69 Å². The van der Waals surface area contributed by atoms with Crippen LogP contribution in [0.3, 0.4) is 0 Å². The van der Waals surface area contributed by atoms with Gasteiger partial charge in [-0.25, -0.2) is 4.98 Å². The van der Waals surface area contributed by atoms with Crippen LogP contribution in [0.2, 0.25) is 0 Å². The van der Waals surface area contributed by atoms with E-state index in [4.69, 9.17) is 0 Å². The lowest BCUT2D eigenvalue weighted by Crippen LogP contribution is -2.38. The van der Waals surface area contributed by atoms with Gasteiger partial charge in [-0.15, -0.1) is 0 Å². The predicted molar refractivity (Wildman–Crippen MR) is 105 cm³/mol. The number of hydrogen-bond acceptors (Lipinski definition) is 4. The minimum absolute atomic E-state index is 0.0315. The summed E-state index contributed by atoms with van der Waals surface area (Å²) >= 11 is 0. The first-order valence-electron chi connectivity index (χ1n) is 9.86. The number of carbonyl (C=O) groups is 2. The molecule has 1 fully saturated rings.